The Morgan fingerprint density at radius 1 is 1.30 bits per heavy atom. The number of aryl methyl sites for hydroxylation is 1. The van der Waals surface area contributed by atoms with Gasteiger partial charge in [-0.15, -0.1) is 11.3 Å². The normalized spacial score (nSPS) is 10.7. The highest BCUT2D eigenvalue weighted by molar-refractivity contribution is 7.15. The number of thiazole rings is 1. The lowest BCUT2D eigenvalue weighted by Crippen LogP contribution is -2.11. The Kier molecular flexibility index (Phi) is 4.27. The van der Waals surface area contributed by atoms with Gasteiger partial charge in [0.2, 0.25) is 0 Å². The van der Waals surface area contributed by atoms with Gasteiger partial charge in [0.25, 0.3) is 5.91 Å². The molecule has 0 aliphatic rings. The average molecular weight is 288 g/mol. The van der Waals surface area contributed by atoms with Gasteiger partial charge in [-0.3, -0.25) is 10.1 Å². The molecule has 0 atom stereocenters. The number of carbonyl (C=O) groups excluding carboxylic acids is 1. The summed E-state index contributed by atoms with van der Waals surface area (Å²) in [4.78, 5) is 27.4. The molecule has 20 heavy (non-hydrogen) atoms. The number of nitrogens with one attached hydrogen (secondary N) is 1. The van der Waals surface area contributed by atoms with Gasteiger partial charge in [-0.1, -0.05) is 12.1 Å². The number of amides is 1. The van der Waals surface area contributed by atoms with Crippen LogP contribution in [-0.4, -0.2) is 22.0 Å². The Morgan fingerprint density at radius 2 is 2.00 bits per heavy atom. The van der Waals surface area contributed by atoms with Crippen LogP contribution in [-0.2, 0) is 4.79 Å². The highest BCUT2D eigenvalue weighted by atomic mass is 32.1. The van der Waals surface area contributed by atoms with E-state index < -0.39 is 5.97 Å². The molecular weight excluding hydrogens is 276 g/mol. The van der Waals surface area contributed by atoms with Crippen molar-refractivity contribution >= 4 is 34.4 Å². The van der Waals surface area contributed by atoms with Crippen LogP contribution in [0.1, 0.15) is 20.8 Å². The summed E-state index contributed by atoms with van der Waals surface area (Å²) in [6.45, 7) is 1.91. The molecule has 5 nitrogen and oxygen atoms in total. The predicted octanol–water partition coefficient (Wildman–Crippen LogP) is 2.80. The maximum absolute atomic E-state index is 11.9. The standard InChI is InChI=1S/C14H12N2O3S/c1-9-8-15-14(20-9)16-13(19)11-5-2-10(3-6-11)4-7-12(17)18/h2-8H,1H3,(H,17,18)(H,15,16,19). The van der Waals surface area contributed by atoms with Crippen molar-refractivity contribution in [1.82, 2.24) is 4.98 Å². The van der Waals surface area contributed by atoms with Crippen LogP contribution in [0.2, 0.25) is 0 Å². The number of aliphatic carboxylic acids is 1. The third kappa shape index (κ3) is 3.76. The fraction of sp³-hybridized carbons (Fsp3) is 0.0714. The zero-order valence-electron chi connectivity index (χ0n) is 10.7. The number of carbonyl (C=O) groups is 2. The van der Waals surface area contributed by atoms with E-state index in [1.165, 1.54) is 17.4 Å². The van der Waals surface area contributed by atoms with Crippen LogP contribution >= 0.6 is 11.3 Å². The molecule has 0 aliphatic heterocycles. The van der Waals surface area contributed by atoms with E-state index in [-0.39, 0.29) is 5.91 Å². The number of carboxylic acids is 1. The highest BCUT2D eigenvalue weighted by Crippen LogP contribution is 2.17. The Bertz CT molecular complexity index is 659. The molecule has 0 saturated heterocycles. The van der Waals surface area contributed by atoms with Crippen molar-refractivity contribution in [2.45, 2.75) is 6.92 Å². The molecule has 0 fully saturated rings. The molecule has 0 bridgehead atoms. The second-order valence-corrected chi connectivity index (χ2v) is 5.26. The molecular formula is C14H12N2O3S. The molecule has 6 heteroatoms. The summed E-state index contributed by atoms with van der Waals surface area (Å²) in [6, 6.07) is 6.64. The second-order valence-electron chi connectivity index (χ2n) is 4.02. The molecule has 0 aliphatic carbocycles. The Hall–Kier alpha value is -2.47. The van der Waals surface area contributed by atoms with Crippen molar-refractivity contribution in [1.29, 1.82) is 0 Å². The number of hydrogen-bond donors (Lipinski definition) is 2. The molecule has 1 heterocycles. The first-order valence-corrected chi connectivity index (χ1v) is 6.61. The van der Waals surface area contributed by atoms with Crippen molar-refractivity contribution in [3.8, 4) is 0 Å². The molecule has 102 valence electrons. The zero-order valence-corrected chi connectivity index (χ0v) is 11.5. The molecule has 0 radical (unpaired) electrons. The minimum Gasteiger partial charge on any atom is -0.478 e. The lowest BCUT2D eigenvalue weighted by Gasteiger charge is -2.02. The maximum atomic E-state index is 11.9. The molecule has 1 aromatic carbocycles. The summed E-state index contributed by atoms with van der Waals surface area (Å²) in [7, 11) is 0. The number of aromatic nitrogens is 1. The number of anilines is 1. The van der Waals surface area contributed by atoms with Gasteiger partial charge in [-0.25, -0.2) is 9.78 Å². The van der Waals surface area contributed by atoms with E-state index in [2.05, 4.69) is 10.3 Å². The van der Waals surface area contributed by atoms with Crippen molar-refractivity contribution < 1.29 is 14.7 Å². The van der Waals surface area contributed by atoms with Crippen molar-refractivity contribution in [2.75, 3.05) is 5.32 Å². The molecule has 0 unspecified atom stereocenters. The number of rotatable bonds is 4. The van der Waals surface area contributed by atoms with E-state index in [1.807, 2.05) is 6.92 Å². The minimum atomic E-state index is -1.01. The predicted molar refractivity (Wildman–Crippen MR) is 77.9 cm³/mol. The number of nitrogens with zero attached hydrogens (tertiary/aromatic N) is 1. The van der Waals surface area contributed by atoms with Crippen molar-refractivity contribution in [3.63, 3.8) is 0 Å². The van der Waals surface area contributed by atoms with Crippen LogP contribution in [0.15, 0.2) is 36.5 Å². The summed E-state index contributed by atoms with van der Waals surface area (Å²) >= 11 is 1.41. The van der Waals surface area contributed by atoms with Gasteiger partial charge in [-0.05, 0) is 30.7 Å². The Balaban J connectivity index is 2.05. The molecule has 2 N–H and O–H groups in total. The average Bonchev–Trinajstić information content (AvgIpc) is 2.82. The van der Waals surface area contributed by atoms with Crippen molar-refractivity contribution in [3.05, 3.63) is 52.5 Å². The molecule has 0 saturated carbocycles. The number of hydrogen-bond acceptors (Lipinski definition) is 4. The van der Waals surface area contributed by atoms with Gasteiger partial charge >= 0.3 is 5.97 Å². The first-order valence-electron chi connectivity index (χ1n) is 5.79. The van der Waals surface area contributed by atoms with Crippen LogP contribution < -0.4 is 5.32 Å². The van der Waals surface area contributed by atoms with Crippen molar-refractivity contribution in [2.24, 2.45) is 0 Å². The highest BCUT2D eigenvalue weighted by Gasteiger charge is 2.07. The third-order valence-electron chi connectivity index (χ3n) is 2.43. The van der Waals surface area contributed by atoms with Gasteiger partial charge in [0.1, 0.15) is 0 Å². The van der Waals surface area contributed by atoms with Crippen LogP contribution in [0.25, 0.3) is 6.08 Å². The van der Waals surface area contributed by atoms with E-state index in [9.17, 15) is 9.59 Å². The lowest BCUT2D eigenvalue weighted by molar-refractivity contribution is -0.131. The van der Waals surface area contributed by atoms with Crippen LogP contribution in [0.3, 0.4) is 0 Å². The second kappa shape index (κ2) is 6.12. The van der Waals surface area contributed by atoms with E-state index in [4.69, 9.17) is 5.11 Å². The molecule has 2 aromatic rings. The zero-order chi connectivity index (χ0) is 14.5. The molecule has 1 amide bonds. The summed E-state index contributed by atoms with van der Waals surface area (Å²) in [6.07, 6.45) is 4.21. The Labute approximate surface area is 119 Å². The molecule has 2 rings (SSSR count). The summed E-state index contributed by atoms with van der Waals surface area (Å²) in [5.41, 5.74) is 1.21. The summed E-state index contributed by atoms with van der Waals surface area (Å²) in [5.74, 6) is -1.25. The fourth-order valence-corrected chi connectivity index (χ4v) is 2.15. The van der Waals surface area contributed by atoms with Gasteiger partial charge in [-0.2, -0.15) is 0 Å². The van der Waals surface area contributed by atoms with E-state index in [0.29, 0.717) is 16.3 Å². The minimum absolute atomic E-state index is 0.242. The van der Waals surface area contributed by atoms with Crippen LogP contribution in [0.5, 0.6) is 0 Å². The smallest absolute Gasteiger partial charge is 0.328 e. The first-order chi connectivity index (χ1) is 9.54. The SMILES string of the molecule is Cc1cnc(NC(=O)c2ccc(C=CC(=O)O)cc2)s1. The van der Waals surface area contributed by atoms with Crippen LogP contribution in [0.4, 0.5) is 5.13 Å². The van der Waals surface area contributed by atoms with E-state index in [0.717, 1.165) is 11.0 Å². The van der Waals surface area contributed by atoms with Gasteiger partial charge in [0.15, 0.2) is 5.13 Å². The third-order valence-corrected chi connectivity index (χ3v) is 3.26. The molecule has 0 spiro atoms. The van der Waals surface area contributed by atoms with E-state index >= 15 is 0 Å². The number of benzene rings is 1. The summed E-state index contributed by atoms with van der Waals surface area (Å²) in [5, 5.41) is 11.8. The lowest BCUT2D eigenvalue weighted by atomic mass is 10.1. The van der Waals surface area contributed by atoms with Gasteiger partial charge in [0, 0.05) is 22.7 Å². The number of carboxylic acid groups (broad SMARTS) is 1. The first kappa shape index (κ1) is 14.0. The Morgan fingerprint density at radius 3 is 2.55 bits per heavy atom. The molecule has 1 aromatic heterocycles. The van der Waals surface area contributed by atoms with Gasteiger partial charge < -0.3 is 5.11 Å². The fourth-order valence-electron chi connectivity index (χ4n) is 1.49. The summed E-state index contributed by atoms with van der Waals surface area (Å²) < 4.78 is 0. The maximum Gasteiger partial charge on any atom is 0.328 e. The van der Waals surface area contributed by atoms with Crippen LogP contribution in [0, 0.1) is 6.92 Å². The monoisotopic (exact) mass is 288 g/mol. The topological polar surface area (TPSA) is 79.3 Å². The van der Waals surface area contributed by atoms with Gasteiger partial charge in [0.05, 0.1) is 0 Å². The quantitative estimate of drug-likeness (QED) is 0.848. The largest absolute Gasteiger partial charge is 0.478 e. The van der Waals surface area contributed by atoms with E-state index in [1.54, 1.807) is 30.5 Å².